The minimum Gasteiger partial charge on any atom is -0.342 e. The highest BCUT2D eigenvalue weighted by Crippen LogP contribution is 2.23. The van der Waals surface area contributed by atoms with E-state index in [1.165, 1.54) is 24.0 Å². The Morgan fingerprint density at radius 2 is 1.85 bits per heavy atom. The summed E-state index contributed by atoms with van der Waals surface area (Å²) >= 11 is 5.89. The summed E-state index contributed by atoms with van der Waals surface area (Å²) in [6.07, 6.45) is 1.73. The molecule has 0 saturated heterocycles. The van der Waals surface area contributed by atoms with E-state index >= 15 is 0 Å². The van der Waals surface area contributed by atoms with E-state index in [0.29, 0.717) is 5.02 Å². The third kappa shape index (κ3) is 4.00. The molecule has 0 aliphatic rings. The first-order valence-corrected chi connectivity index (χ1v) is 8.34. The van der Waals surface area contributed by atoms with Gasteiger partial charge in [-0.3, -0.25) is 9.63 Å². The van der Waals surface area contributed by atoms with Crippen LogP contribution in [0.15, 0.2) is 66.9 Å². The highest BCUT2D eigenvalue weighted by Gasteiger charge is 2.16. The second-order valence-corrected chi connectivity index (χ2v) is 6.02. The molecule has 0 saturated carbocycles. The van der Waals surface area contributed by atoms with Gasteiger partial charge in [-0.05, 0) is 41.5 Å². The van der Waals surface area contributed by atoms with Crippen molar-refractivity contribution in [1.82, 2.24) is 5.32 Å². The molecule has 26 heavy (non-hydrogen) atoms. The van der Waals surface area contributed by atoms with Crippen LogP contribution in [0.5, 0.6) is 0 Å². The van der Waals surface area contributed by atoms with Crippen LogP contribution < -0.4 is 14.9 Å². The second kappa shape index (κ2) is 7.97. The minimum absolute atomic E-state index is 0.0163. The minimum atomic E-state index is -0.576. The number of halogens is 2. The van der Waals surface area contributed by atoms with Crippen molar-refractivity contribution in [3.05, 3.63) is 89.0 Å². The van der Waals surface area contributed by atoms with Crippen LogP contribution in [0.2, 0.25) is 5.02 Å². The number of hydrogen-bond donors (Lipinski definition) is 1. The summed E-state index contributed by atoms with van der Waals surface area (Å²) in [5.41, 5.74) is 2.30. The van der Waals surface area contributed by atoms with Crippen molar-refractivity contribution in [1.29, 1.82) is 0 Å². The number of pyridine rings is 1. The molecule has 3 aromatic rings. The fourth-order valence-corrected chi connectivity index (χ4v) is 2.69. The van der Waals surface area contributed by atoms with Crippen LogP contribution >= 0.6 is 11.6 Å². The number of carbonyl (C=O) groups excluding carboxylic acids is 1. The average molecular weight is 372 g/mol. The van der Waals surface area contributed by atoms with E-state index in [-0.39, 0.29) is 12.1 Å². The van der Waals surface area contributed by atoms with E-state index < -0.39 is 11.7 Å². The first-order valence-electron chi connectivity index (χ1n) is 7.96. The summed E-state index contributed by atoms with van der Waals surface area (Å²) in [5.74, 6) is -1.07. The quantitative estimate of drug-likeness (QED) is 0.698. The topological polar surface area (TPSA) is 42.2 Å². The summed E-state index contributed by atoms with van der Waals surface area (Å²) in [6.45, 7) is 0.206. The summed E-state index contributed by atoms with van der Waals surface area (Å²) in [6, 6.07) is 17.0. The van der Waals surface area contributed by atoms with Crippen molar-refractivity contribution in [3.63, 3.8) is 0 Å². The van der Waals surface area contributed by atoms with Gasteiger partial charge in [0.15, 0.2) is 0 Å². The van der Waals surface area contributed by atoms with E-state index in [2.05, 4.69) is 5.32 Å². The maximum atomic E-state index is 14.2. The predicted octanol–water partition coefficient (Wildman–Crippen LogP) is 3.42. The Bertz CT molecular complexity index is 929. The highest BCUT2D eigenvalue weighted by atomic mass is 35.5. The Morgan fingerprint density at radius 1 is 1.12 bits per heavy atom. The lowest BCUT2D eigenvalue weighted by atomic mass is 10.0. The van der Waals surface area contributed by atoms with Gasteiger partial charge in [-0.25, -0.2) is 4.39 Å². The van der Waals surface area contributed by atoms with Crippen molar-refractivity contribution in [3.8, 4) is 11.1 Å². The monoisotopic (exact) mass is 371 g/mol. The van der Waals surface area contributed by atoms with E-state index in [4.69, 9.17) is 16.4 Å². The van der Waals surface area contributed by atoms with Crippen LogP contribution in [0.25, 0.3) is 11.1 Å². The van der Waals surface area contributed by atoms with Crippen molar-refractivity contribution >= 4 is 17.5 Å². The summed E-state index contributed by atoms with van der Waals surface area (Å²) in [7, 11) is 1.53. The molecule has 6 heteroatoms. The molecule has 1 amide bonds. The fourth-order valence-electron chi connectivity index (χ4n) is 2.57. The van der Waals surface area contributed by atoms with Crippen LogP contribution in [0, 0.1) is 5.82 Å². The van der Waals surface area contributed by atoms with Gasteiger partial charge in [0.25, 0.3) is 11.6 Å². The molecule has 0 aliphatic carbocycles. The van der Waals surface area contributed by atoms with Crippen molar-refractivity contribution in [2.45, 2.75) is 6.54 Å². The van der Waals surface area contributed by atoms with Gasteiger partial charge in [0, 0.05) is 21.9 Å². The first kappa shape index (κ1) is 17.9. The second-order valence-electron chi connectivity index (χ2n) is 5.58. The highest BCUT2D eigenvalue weighted by molar-refractivity contribution is 6.30. The summed E-state index contributed by atoms with van der Waals surface area (Å²) in [5, 5.41) is 3.33. The Labute approximate surface area is 155 Å². The number of nitrogens with zero attached hydrogens (tertiary/aromatic N) is 1. The maximum absolute atomic E-state index is 14.2. The molecule has 2 aromatic carbocycles. The molecule has 3 rings (SSSR count). The number of nitrogens with one attached hydrogen (secondary N) is 1. The van der Waals surface area contributed by atoms with Gasteiger partial charge in [-0.1, -0.05) is 29.8 Å². The van der Waals surface area contributed by atoms with Crippen LogP contribution in [0.1, 0.15) is 16.1 Å². The van der Waals surface area contributed by atoms with Crippen LogP contribution in [0.3, 0.4) is 0 Å². The van der Waals surface area contributed by atoms with Gasteiger partial charge in [0.1, 0.15) is 19.5 Å². The lowest BCUT2D eigenvalue weighted by Gasteiger charge is -2.08. The molecule has 0 bridgehead atoms. The molecule has 0 spiro atoms. The van der Waals surface area contributed by atoms with Gasteiger partial charge in [-0.15, -0.1) is 0 Å². The number of amides is 1. The van der Waals surface area contributed by atoms with Crippen LogP contribution in [-0.4, -0.2) is 13.0 Å². The molecule has 132 valence electrons. The predicted molar refractivity (Wildman–Crippen MR) is 97.2 cm³/mol. The molecule has 4 nitrogen and oxygen atoms in total. The summed E-state index contributed by atoms with van der Waals surface area (Å²) in [4.78, 5) is 17.6. The van der Waals surface area contributed by atoms with Gasteiger partial charge in [0.2, 0.25) is 6.20 Å². The van der Waals surface area contributed by atoms with E-state index in [1.807, 2.05) is 30.3 Å². The largest absolute Gasteiger partial charge is 0.342 e. The molecule has 1 aromatic heterocycles. The third-order valence-corrected chi connectivity index (χ3v) is 4.17. The number of rotatable bonds is 5. The Hall–Kier alpha value is -2.92. The smallest absolute Gasteiger partial charge is 0.254 e. The van der Waals surface area contributed by atoms with E-state index in [1.54, 1.807) is 24.4 Å². The zero-order chi connectivity index (χ0) is 18.5. The Kier molecular flexibility index (Phi) is 5.49. The normalized spacial score (nSPS) is 10.4. The first-order chi connectivity index (χ1) is 12.6. The number of hydrogen-bond acceptors (Lipinski definition) is 2. The lowest BCUT2D eigenvalue weighted by Crippen LogP contribution is -2.45. The Morgan fingerprint density at radius 3 is 2.58 bits per heavy atom. The van der Waals surface area contributed by atoms with Crippen molar-refractivity contribution in [2.24, 2.45) is 0 Å². The Balaban J connectivity index is 1.80. The lowest BCUT2D eigenvalue weighted by molar-refractivity contribution is -0.890. The molecule has 1 N–H and O–H groups in total. The van der Waals surface area contributed by atoms with Gasteiger partial charge in [-0.2, -0.15) is 0 Å². The summed E-state index contributed by atoms with van der Waals surface area (Å²) < 4.78 is 15.7. The zero-order valence-corrected chi connectivity index (χ0v) is 14.8. The molecule has 0 radical (unpaired) electrons. The zero-order valence-electron chi connectivity index (χ0n) is 14.1. The maximum Gasteiger partial charge on any atom is 0.254 e. The van der Waals surface area contributed by atoms with Crippen LogP contribution in [0.4, 0.5) is 4.39 Å². The van der Waals surface area contributed by atoms with Crippen LogP contribution in [-0.2, 0) is 6.54 Å². The molecular formula is C20H17ClFN2O2+. The molecule has 0 atom stereocenters. The molecule has 1 heterocycles. The van der Waals surface area contributed by atoms with E-state index in [0.717, 1.165) is 16.8 Å². The number of benzene rings is 2. The van der Waals surface area contributed by atoms with Gasteiger partial charge >= 0.3 is 0 Å². The molecular weight excluding hydrogens is 355 g/mol. The molecule has 0 aliphatic heterocycles. The molecule has 0 unspecified atom stereocenters. The van der Waals surface area contributed by atoms with Crippen molar-refractivity contribution < 1.29 is 18.8 Å². The van der Waals surface area contributed by atoms with Gasteiger partial charge in [0.05, 0.1) is 5.56 Å². The fraction of sp³-hybridized carbons (Fsp3) is 0.100. The number of carbonyl (C=O) groups is 1. The van der Waals surface area contributed by atoms with Crippen molar-refractivity contribution in [2.75, 3.05) is 7.11 Å². The number of aromatic nitrogens is 1. The molecule has 0 fully saturated rings. The standard InChI is InChI=1S/C20H16ClFN2O2/c1-26-24-11-3-2-4-17(24)13-23-20(25)18-12-15(7-10-19(18)22)14-5-8-16(21)9-6-14/h2-12H,13H2,1H3/p+1. The SMILES string of the molecule is CO[n+]1ccccc1CNC(=O)c1cc(-c2ccc(Cl)cc2)ccc1F. The average Bonchev–Trinajstić information content (AvgIpc) is 2.67. The van der Waals surface area contributed by atoms with Gasteiger partial charge < -0.3 is 5.32 Å². The van der Waals surface area contributed by atoms with E-state index in [9.17, 15) is 9.18 Å². The third-order valence-electron chi connectivity index (χ3n) is 3.92.